The number of nitrogens with zero attached hydrogens (tertiary/aromatic N) is 5. The molecule has 3 heterocycles. The molecule has 2 unspecified atom stereocenters. The van der Waals surface area contributed by atoms with E-state index in [-0.39, 0.29) is 12.1 Å². The van der Waals surface area contributed by atoms with Crippen molar-refractivity contribution in [3.63, 3.8) is 0 Å². The highest BCUT2D eigenvalue weighted by Gasteiger charge is 2.30. The molecule has 7 nitrogen and oxygen atoms in total. The summed E-state index contributed by atoms with van der Waals surface area (Å²) in [6.07, 6.45) is 8.44. The topological polar surface area (TPSA) is 75.9 Å². The highest BCUT2D eigenvalue weighted by Crippen LogP contribution is 2.28. The van der Waals surface area contributed by atoms with Crippen molar-refractivity contribution in [3.05, 3.63) is 18.7 Å². The highest BCUT2D eigenvalue weighted by atomic mass is 32.2. The summed E-state index contributed by atoms with van der Waals surface area (Å²) in [6.45, 7) is 3.65. The summed E-state index contributed by atoms with van der Waals surface area (Å²) in [6, 6.07) is 0.152. The summed E-state index contributed by atoms with van der Waals surface area (Å²) < 4.78 is 6.23. The molecule has 22 heavy (non-hydrogen) atoms. The number of hydrogen-bond acceptors (Lipinski definition) is 6. The van der Waals surface area contributed by atoms with Gasteiger partial charge in [0.2, 0.25) is 10.3 Å². The molecule has 0 radical (unpaired) electrons. The molecular formula is C13H18N6OS2. The van der Waals surface area contributed by atoms with E-state index < -0.39 is 0 Å². The second kappa shape index (κ2) is 6.66. The zero-order valence-electron chi connectivity index (χ0n) is 12.5. The van der Waals surface area contributed by atoms with Crippen LogP contribution in [0.3, 0.4) is 0 Å². The first-order chi connectivity index (χ1) is 10.7. The smallest absolute Gasteiger partial charge is 0.323 e. The lowest BCUT2D eigenvalue weighted by atomic mass is 9.93. The molecule has 0 aliphatic carbocycles. The molecule has 0 aromatic carbocycles. The molecule has 9 heteroatoms. The van der Waals surface area contributed by atoms with Crippen LogP contribution in [0.5, 0.6) is 0 Å². The summed E-state index contributed by atoms with van der Waals surface area (Å²) in [4.78, 5) is 22.6. The zero-order valence-corrected chi connectivity index (χ0v) is 14.1. The molecular weight excluding hydrogens is 320 g/mol. The van der Waals surface area contributed by atoms with E-state index in [9.17, 15) is 4.79 Å². The van der Waals surface area contributed by atoms with Gasteiger partial charge in [-0.2, -0.15) is 9.36 Å². The molecule has 1 N–H and O–H groups in total. The Balaban J connectivity index is 1.65. The van der Waals surface area contributed by atoms with E-state index in [4.69, 9.17) is 0 Å². The highest BCUT2D eigenvalue weighted by molar-refractivity contribution is 7.98. The molecule has 0 bridgehead atoms. The maximum atomic E-state index is 12.4. The standard InChI is InChI=1S/C13H18N6OS2/c1-9-3-5-18(7-10(9)19-6-4-14-8-19)13(20)16-11-15-12(21-2)17-22-11/h4,6,8-10H,3,5,7H2,1-2H3,(H,15,16,17,20). The van der Waals surface area contributed by atoms with E-state index in [0.717, 1.165) is 13.0 Å². The number of imidazole rings is 1. The number of piperidine rings is 1. The number of amides is 2. The van der Waals surface area contributed by atoms with E-state index in [1.807, 2.05) is 23.7 Å². The molecule has 2 aromatic heterocycles. The fourth-order valence-corrected chi connectivity index (χ4v) is 3.72. The minimum atomic E-state index is -0.110. The van der Waals surface area contributed by atoms with Crippen LogP contribution in [0.4, 0.5) is 9.93 Å². The number of anilines is 1. The molecule has 1 aliphatic rings. The summed E-state index contributed by atoms with van der Waals surface area (Å²) in [5, 5.41) is 4.07. The van der Waals surface area contributed by atoms with Crippen LogP contribution in [0.15, 0.2) is 23.9 Å². The Kier molecular flexibility index (Phi) is 4.63. The average molecular weight is 338 g/mol. The fourth-order valence-electron chi connectivity index (χ4n) is 2.60. The molecule has 118 valence electrons. The van der Waals surface area contributed by atoms with E-state index in [2.05, 4.69) is 31.1 Å². The lowest BCUT2D eigenvalue weighted by Crippen LogP contribution is -2.45. The average Bonchev–Trinajstić information content (AvgIpc) is 3.18. The zero-order chi connectivity index (χ0) is 15.5. The van der Waals surface area contributed by atoms with Gasteiger partial charge in [-0.25, -0.2) is 9.78 Å². The molecule has 1 fully saturated rings. The maximum absolute atomic E-state index is 12.4. The van der Waals surface area contributed by atoms with Gasteiger partial charge in [0.05, 0.1) is 12.4 Å². The number of hydrogen-bond donors (Lipinski definition) is 1. The Bertz CT molecular complexity index is 628. The first-order valence-electron chi connectivity index (χ1n) is 7.08. The van der Waals surface area contributed by atoms with Crippen LogP contribution in [-0.2, 0) is 0 Å². The van der Waals surface area contributed by atoms with Gasteiger partial charge in [-0.15, -0.1) is 0 Å². The van der Waals surface area contributed by atoms with Crippen molar-refractivity contribution in [1.29, 1.82) is 0 Å². The van der Waals surface area contributed by atoms with Gasteiger partial charge in [-0.1, -0.05) is 18.7 Å². The Labute approximate surface area is 137 Å². The fraction of sp³-hybridized carbons (Fsp3) is 0.538. The predicted molar refractivity (Wildman–Crippen MR) is 87.3 cm³/mol. The van der Waals surface area contributed by atoms with Crippen molar-refractivity contribution in [1.82, 2.24) is 23.8 Å². The SMILES string of the molecule is CSc1nsc(NC(=O)N2CCC(C)C(n3ccnc3)C2)n1. The number of carbonyl (C=O) groups excluding carboxylic acids is 1. The van der Waals surface area contributed by atoms with Crippen molar-refractivity contribution in [3.8, 4) is 0 Å². The van der Waals surface area contributed by atoms with Crippen LogP contribution in [-0.4, -0.2) is 49.2 Å². The summed E-state index contributed by atoms with van der Waals surface area (Å²) in [7, 11) is 0. The molecule has 0 spiro atoms. The minimum Gasteiger partial charge on any atom is -0.332 e. The number of urea groups is 1. The summed E-state index contributed by atoms with van der Waals surface area (Å²) in [5.74, 6) is 0.517. The quantitative estimate of drug-likeness (QED) is 0.871. The first kappa shape index (κ1) is 15.3. The third kappa shape index (κ3) is 3.25. The summed E-state index contributed by atoms with van der Waals surface area (Å²) >= 11 is 2.67. The van der Waals surface area contributed by atoms with E-state index in [1.165, 1.54) is 23.3 Å². The number of thioether (sulfide) groups is 1. The lowest BCUT2D eigenvalue weighted by molar-refractivity contribution is 0.149. The summed E-state index contributed by atoms with van der Waals surface area (Å²) in [5.41, 5.74) is 0. The van der Waals surface area contributed by atoms with E-state index >= 15 is 0 Å². The number of carbonyl (C=O) groups is 1. The molecule has 2 atom stereocenters. The number of nitrogens with one attached hydrogen (secondary N) is 1. The number of rotatable bonds is 3. The minimum absolute atomic E-state index is 0.110. The van der Waals surface area contributed by atoms with Crippen LogP contribution in [0.2, 0.25) is 0 Å². The lowest BCUT2D eigenvalue weighted by Gasteiger charge is -2.37. The molecule has 1 saturated heterocycles. The second-order valence-corrected chi connectivity index (χ2v) is 6.83. The monoisotopic (exact) mass is 338 g/mol. The van der Waals surface area contributed by atoms with Gasteiger partial charge >= 0.3 is 6.03 Å². The third-order valence-corrected chi connectivity index (χ3v) is 5.21. The van der Waals surface area contributed by atoms with Crippen molar-refractivity contribution in [2.45, 2.75) is 24.5 Å². The van der Waals surface area contributed by atoms with E-state index in [1.54, 1.807) is 6.20 Å². The van der Waals surface area contributed by atoms with Crippen molar-refractivity contribution >= 4 is 34.5 Å². The van der Waals surface area contributed by atoms with Crippen molar-refractivity contribution in [2.24, 2.45) is 5.92 Å². The van der Waals surface area contributed by atoms with Gasteiger partial charge in [-0.05, 0) is 18.6 Å². The van der Waals surface area contributed by atoms with Crippen LogP contribution < -0.4 is 5.32 Å². The molecule has 2 amide bonds. The molecule has 3 rings (SSSR count). The third-order valence-electron chi connectivity index (χ3n) is 3.92. The van der Waals surface area contributed by atoms with Crippen molar-refractivity contribution in [2.75, 3.05) is 24.7 Å². The molecule has 0 saturated carbocycles. The largest absolute Gasteiger partial charge is 0.332 e. The number of aromatic nitrogens is 4. The van der Waals surface area contributed by atoms with Gasteiger partial charge in [0.25, 0.3) is 0 Å². The normalized spacial score (nSPS) is 21.8. The Hall–Kier alpha value is -1.61. The van der Waals surface area contributed by atoms with Gasteiger partial charge in [-0.3, -0.25) is 5.32 Å². The predicted octanol–water partition coefficient (Wildman–Crippen LogP) is 2.57. The van der Waals surface area contributed by atoms with Gasteiger partial charge in [0, 0.05) is 37.0 Å². The molecule has 1 aliphatic heterocycles. The number of likely N-dealkylation sites (tertiary alicyclic amines) is 1. The Morgan fingerprint density at radius 2 is 2.41 bits per heavy atom. The van der Waals surface area contributed by atoms with Crippen molar-refractivity contribution < 1.29 is 4.79 Å². The van der Waals surface area contributed by atoms with Gasteiger partial charge in [0.1, 0.15) is 0 Å². The Morgan fingerprint density at radius 3 is 3.09 bits per heavy atom. The van der Waals surface area contributed by atoms with Gasteiger partial charge < -0.3 is 9.47 Å². The van der Waals surface area contributed by atoms with Crippen LogP contribution >= 0.6 is 23.3 Å². The van der Waals surface area contributed by atoms with Crippen LogP contribution in [0.25, 0.3) is 0 Å². The van der Waals surface area contributed by atoms with Crippen LogP contribution in [0.1, 0.15) is 19.4 Å². The Morgan fingerprint density at radius 1 is 1.55 bits per heavy atom. The van der Waals surface area contributed by atoms with Crippen LogP contribution in [0, 0.1) is 5.92 Å². The maximum Gasteiger partial charge on any atom is 0.323 e. The molecule has 2 aromatic rings. The van der Waals surface area contributed by atoms with Gasteiger partial charge in [0.15, 0.2) is 0 Å². The van der Waals surface area contributed by atoms with E-state index in [0.29, 0.717) is 22.8 Å². The first-order valence-corrected chi connectivity index (χ1v) is 9.08. The second-order valence-electron chi connectivity index (χ2n) is 5.31.